The molecule has 2 aromatic carbocycles. The van der Waals surface area contributed by atoms with Crippen molar-refractivity contribution in [2.24, 2.45) is 5.41 Å². The Hall–Kier alpha value is -3.92. The summed E-state index contributed by atoms with van der Waals surface area (Å²) in [5, 5.41) is 6.79. The van der Waals surface area contributed by atoms with Gasteiger partial charge in [-0.2, -0.15) is 14.6 Å². The van der Waals surface area contributed by atoms with Crippen molar-refractivity contribution in [2.45, 2.75) is 58.0 Å². The molecule has 0 bridgehead atoms. The zero-order valence-electron chi connectivity index (χ0n) is 25.5. The van der Waals surface area contributed by atoms with Gasteiger partial charge in [0.25, 0.3) is 0 Å². The number of aryl methyl sites for hydroxylation is 1. The maximum absolute atomic E-state index is 12.3. The molecule has 43 heavy (non-hydrogen) atoms. The van der Waals surface area contributed by atoms with E-state index in [-0.39, 0.29) is 11.5 Å². The van der Waals surface area contributed by atoms with Crippen molar-refractivity contribution >= 4 is 22.3 Å². The van der Waals surface area contributed by atoms with Crippen LogP contribution in [-0.4, -0.2) is 71.5 Å². The quantitative estimate of drug-likeness (QED) is 0.283. The average Bonchev–Trinajstić information content (AvgIpc) is 3.65. The van der Waals surface area contributed by atoms with Crippen molar-refractivity contribution < 1.29 is 9.15 Å². The van der Waals surface area contributed by atoms with Gasteiger partial charge in [0, 0.05) is 48.2 Å². The minimum atomic E-state index is -0.409. The van der Waals surface area contributed by atoms with Crippen molar-refractivity contribution in [2.75, 3.05) is 56.7 Å². The fraction of sp³-hybridized carbons (Fsp3) is 0.515. The number of fused-ring (bicyclic) bond motifs is 2. The number of nitrogens with zero attached hydrogens (tertiary/aromatic N) is 7. The van der Waals surface area contributed by atoms with Gasteiger partial charge >= 0.3 is 11.8 Å². The van der Waals surface area contributed by atoms with E-state index in [1.807, 2.05) is 0 Å². The monoisotopic (exact) mass is 583 g/mol. The highest BCUT2D eigenvalue weighted by molar-refractivity contribution is 5.97. The Kier molecular flexibility index (Phi) is 7.33. The number of benzene rings is 2. The summed E-state index contributed by atoms with van der Waals surface area (Å²) in [5.74, 6) is 0.527. The van der Waals surface area contributed by atoms with Crippen LogP contribution >= 0.6 is 0 Å². The number of ether oxygens (including phenoxy) is 1. The summed E-state index contributed by atoms with van der Waals surface area (Å²) in [6, 6.07) is 13.6. The second-order valence-electron chi connectivity index (χ2n) is 12.8. The van der Waals surface area contributed by atoms with Gasteiger partial charge in [-0.15, -0.1) is 5.10 Å². The van der Waals surface area contributed by atoms with E-state index in [9.17, 15) is 4.79 Å². The van der Waals surface area contributed by atoms with Crippen LogP contribution in [0.5, 0.6) is 6.01 Å². The molecule has 1 saturated carbocycles. The standard InChI is InChI=1S/C33H41N7O3/c1-4-23-8-5-9-24-10-6-12-28(29(23)24)38-17-13-26-27(19-38)35-31(42-21-33(14-15-33)20-37(2)3)36-30(26)39-16-7-11-25(18-39)40-32(41)43-22-34-40/h5-6,8-10,12,22,25H,4,7,11,13-21H2,1-3H3. The molecule has 0 N–H and O–H groups in total. The molecule has 226 valence electrons. The summed E-state index contributed by atoms with van der Waals surface area (Å²) in [4.78, 5) is 29.4. The van der Waals surface area contributed by atoms with E-state index in [1.54, 1.807) is 0 Å². The molecule has 10 nitrogen and oxygen atoms in total. The second-order valence-corrected chi connectivity index (χ2v) is 12.8. The molecule has 0 radical (unpaired) electrons. The molecule has 1 aliphatic carbocycles. The molecule has 0 spiro atoms. The first-order valence-electron chi connectivity index (χ1n) is 15.6. The van der Waals surface area contributed by atoms with Crippen molar-refractivity contribution in [3.63, 3.8) is 0 Å². The van der Waals surface area contributed by atoms with E-state index in [2.05, 4.69) is 77.2 Å². The van der Waals surface area contributed by atoms with Gasteiger partial charge < -0.3 is 23.9 Å². The van der Waals surface area contributed by atoms with Crippen LogP contribution < -0.4 is 20.3 Å². The van der Waals surface area contributed by atoms with E-state index >= 15 is 0 Å². The number of rotatable bonds is 9. The number of piperidine rings is 1. The number of hydrogen-bond acceptors (Lipinski definition) is 9. The molecular weight excluding hydrogens is 542 g/mol. The molecule has 3 aliphatic rings. The van der Waals surface area contributed by atoms with Crippen molar-refractivity contribution in [3.8, 4) is 6.01 Å². The Morgan fingerprint density at radius 2 is 1.93 bits per heavy atom. The zero-order valence-corrected chi connectivity index (χ0v) is 25.5. The third kappa shape index (κ3) is 5.48. The van der Waals surface area contributed by atoms with E-state index in [1.165, 1.54) is 38.7 Å². The smallest absolute Gasteiger partial charge is 0.437 e. The first kappa shape index (κ1) is 27.9. The Morgan fingerprint density at radius 3 is 2.67 bits per heavy atom. The molecule has 7 rings (SSSR count). The van der Waals surface area contributed by atoms with Crippen molar-refractivity contribution in [1.29, 1.82) is 0 Å². The highest BCUT2D eigenvalue weighted by atomic mass is 16.5. The van der Waals surface area contributed by atoms with Gasteiger partial charge in [0.2, 0.25) is 6.39 Å². The zero-order chi connectivity index (χ0) is 29.6. The van der Waals surface area contributed by atoms with E-state index in [0.717, 1.165) is 69.7 Å². The molecule has 10 heteroatoms. The van der Waals surface area contributed by atoms with Gasteiger partial charge in [0.15, 0.2) is 0 Å². The fourth-order valence-electron chi connectivity index (χ4n) is 7.10. The average molecular weight is 584 g/mol. The summed E-state index contributed by atoms with van der Waals surface area (Å²) < 4.78 is 12.9. The summed E-state index contributed by atoms with van der Waals surface area (Å²) in [6.07, 6.45) is 7.20. The lowest BCUT2D eigenvalue weighted by Gasteiger charge is -2.37. The fourth-order valence-corrected chi connectivity index (χ4v) is 7.10. The first-order valence-corrected chi connectivity index (χ1v) is 15.6. The van der Waals surface area contributed by atoms with Crippen LogP contribution in [0.3, 0.4) is 0 Å². The van der Waals surface area contributed by atoms with E-state index in [4.69, 9.17) is 19.1 Å². The summed E-state index contributed by atoms with van der Waals surface area (Å²) in [6.45, 7) is 6.93. The van der Waals surface area contributed by atoms with Gasteiger partial charge in [0.05, 0.1) is 24.9 Å². The third-order valence-corrected chi connectivity index (χ3v) is 9.38. The molecule has 4 heterocycles. The maximum Gasteiger partial charge on any atom is 0.437 e. The first-order chi connectivity index (χ1) is 20.9. The molecule has 1 saturated heterocycles. The van der Waals surface area contributed by atoms with Crippen molar-refractivity contribution in [1.82, 2.24) is 24.6 Å². The minimum absolute atomic E-state index is 0.0620. The van der Waals surface area contributed by atoms with Crippen LogP contribution in [0.2, 0.25) is 0 Å². The lowest BCUT2D eigenvalue weighted by atomic mass is 9.98. The molecular formula is C33H41N7O3. The van der Waals surface area contributed by atoms with Gasteiger partial charge in [0.1, 0.15) is 5.82 Å². The SMILES string of the molecule is CCc1cccc2cccc(N3CCc4c(nc(OCC5(CN(C)C)CC5)nc4N4CCCC(n5ncoc5=O)C4)C3)c12. The number of anilines is 2. The normalized spacial score (nSPS) is 19.6. The molecule has 2 aliphatic heterocycles. The van der Waals surface area contributed by atoms with Gasteiger partial charge in [-0.1, -0.05) is 37.3 Å². The molecule has 2 fully saturated rings. The molecule has 0 amide bonds. The Morgan fingerprint density at radius 1 is 1.09 bits per heavy atom. The Bertz CT molecular complexity index is 1670. The molecule has 2 aromatic heterocycles. The highest BCUT2D eigenvalue weighted by Gasteiger charge is 2.44. The van der Waals surface area contributed by atoms with Crippen LogP contribution in [0.4, 0.5) is 11.5 Å². The Balaban J connectivity index is 1.23. The summed E-state index contributed by atoms with van der Waals surface area (Å²) in [5.41, 5.74) is 5.01. The van der Waals surface area contributed by atoms with Crippen LogP contribution in [0.1, 0.15) is 55.5 Å². The van der Waals surface area contributed by atoms with Crippen LogP contribution in [0.25, 0.3) is 10.8 Å². The predicted octanol–water partition coefficient (Wildman–Crippen LogP) is 4.47. The third-order valence-electron chi connectivity index (χ3n) is 9.38. The van der Waals surface area contributed by atoms with Crippen molar-refractivity contribution in [3.05, 3.63) is 70.2 Å². The summed E-state index contributed by atoms with van der Waals surface area (Å²) in [7, 11) is 4.23. The van der Waals surface area contributed by atoms with Crippen LogP contribution in [0.15, 0.2) is 52.0 Å². The van der Waals surface area contributed by atoms with E-state index < -0.39 is 5.76 Å². The molecule has 4 aromatic rings. The van der Waals surface area contributed by atoms with Gasteiger partial charge in [-0.3, -0.25) is 0 Å². The summed E-state index contributed by atoms with van der Waals surface area (Å²) >= 11 is 0. The topological polar surface area (TPSA) is 92.8 Å². The lowest BCUT2D eigenvalue weighted by molar-refractivity contribution is 0.182. The molecule has 1 unspecified atom stereocenters. The van der Waals surface area contributed by atoms with Gasteiger partial charge in [-0.25, -0.2) is 4.79 Å². The highest BCUT2D eigenvalue weighted by Crippen LogP contribution is 2.46. The van der Waals surface area contributed by atoms with Gasteiger partial charge in [-0.05, 0) is 69.6 Å². The van der Waals surface area contributed by atoms with Crippen LogP contribution in [-0.2, 0) is 19.4 Å². The second kappa shape index (κ2) is 11.3. The predicted molar refractivity (Wildman–Crippen MR) is 167 cm³/mol. The number of hydrogen-bond donors (Lipinski definition) is 0. The van der Waals surface area contributed by atoms with Crippen LogP contribution in [0, 0.1) is 5.41 Å². The maximum atomic E-state index is 12.3. The van der Waals surface area contributed by atoms with E-state index in [0.29, 0.717) is 25.7 Å². The Labute approximate surface area is 252 Å². The number of aromatic nitrogens is 4. The minimum Gasteiger partial charge on any atom is -0.463 e. The lowest BCUT2D eigenvalue weighted by Crippen LogP contribution is -2.41. The largest absolute Gasteiger partial charge is 0.463 e. The molecule has 1 atom stereocenters.